The third-order valence-electron chi connectivity index (χ3n) is 4.22. The zero-order valence-corrected chi connectivity index (χ0v) is 18.2. The lowest BCUT2D eigenvalue weighted by Crippen LogP contribution is -2.17. The first-order valence-corrected chi connectivity index (χ1v) is 9.91. The van der Waals surface area contributed by atoms with Crippen molar-refractivity contribution in [1.82, 2.24) is 5.43 Å². The van der Waals surface area contributed by atoms with E-state index in [1.54, 1.807) is 31.5 Å². The normalized spacial score (nSPS) is 10.6. The predicted octanol–water partition coefficient (Wildman–Crippen LogP) is 4.81. The first-order valence-electron chi connectivity index (χ1n) is 9.12. The van der Waals surface area contributed by atoms with E-state index in [2.05, 4.69) is 26.5 Å². The molecule has 3 rings (SSSR count). The standard InChI is InChI=1S/C23H21BrN2O4/c1-28-20-10-8-17(12-19(20)24)14-25-26-23(27)18-9-11-21(22(13-18)29-2)30-15-16-6-4-3-5-7-16/h3-14H,15H2,1-2H3,(H,26,27)/b25-14+. The number of rotatable bonds is 8. The Hall–Kier alpha value is -3.32. The number of methoxy groups -OCH3 is 2. The number of amides is 1. The molecular formula is C23H21BrN2O4. The number of carbonyl (C=O) groups is 1. The molecule has 0 spiro atoms. The highest BCUT2D eigenvalue weighted by Gasteiger charge is 2.11. The fourth-order valence-electron chi connectivity index (χ4n) is 2.66. The molecule has 0 fully saturated rings. The van der Waals surface area contributed by atoms with Gasteiger partial charge in [-0.1, -0.05) is 30.3 Å². The first kappa shape index (κ1) is 21.4. The van der Waals surface area contributed by atoms with Crippen molar-refractivity contribution in [2.45, 2.75) is 6.61 Å². The molecule has 0 aliphatic heterocycles. The molecule has 0 bridgehead atoms. The summed E-state index contributed by atoms with van der Waals surface area (Å²) >= 11 is 3.42. The Balaban J connectivity index is 1.63. The summed E-state index contributed by atoms with van der Waals surface area (Å²) in [5, 5.41) is 4.01. The van der Waals surface area contributed by atoms with E-state index in [1.165, 1.54) is 7.11 Å². The quantitative estimate of drug-likeness (QED) is 0.380. The number of ether oxygens (including phenoxy) is 3. The van der Waals surface area contributed by atoms with Gasteiger partial charge in [0.05, 0.1) is 24.9 Å². The number of hydrazone groups is 1. The van der Waals surface area contributed by atoms with E-state index in [0.29, 0.717) is 23.7 Å². The molecule has 0 heterocycles. The molecule has 3 aromatic carbocycles. The second-order valence-electron chi connectivity index (χ2n) is 6.23. The van der Waals surface area contributed by atoms with Crippen LogP contribution in [0.15, 0.2) is 76.3 Å². The smallest absolute Gasteiger partial charge is 0.271 e. The molecule has 0 radical (unpaired) electrons. The first-order chi connectivity index (χ1) is 14.6. The van der Waals surface area contributed by atoms with Crippen LogP contribution in [0.1, 0.15) is 21.5 Å². The van der Waals surface area contributed by atoms with E-state index in [-0.39, 0.29) is 5.91 Å². The summed E-state index contributed by atoms with van der Waals surface area (Å²) in [6.45, 7) is 0.407. The average molecular weight is 469 g/mol. The molecule has 3 aromatic rings. The molecule has 0 saturated carbocycles. The van der Waals surface area contributed by atoms with Crippen molar-refractivity contribution in [3.05, 3.63) is 87.9 Å². The Labute approximate surface area is 183 Å². The summed E-state index contributed by atoms with van der Waals surface area (Å²) in [6.07, 6.45) is 1.55. The highest BCUT2D eigenvalue weighted by molar-refractivity contribution is 9.10. The molecule has 1 N–H and O–H groups in total. The van der Waals surface area contributed by atoms with Gasteiger partial charge in [0.2, 0.25) is 0 Å². The lowest BCUT2D eigenvalue weighted by atomic mass is 10.2. The Morgan fingerprint density at radius 1 is 0.967 bits per heavy atom. The molecule has 0 unspecified atom stereocenters. The minimum absolute atomic E-state index is 0.355. The maximum Gasteiger partial charge on any atom is 0.271 e. The van der Waals surface area contributed by atoms with Crippen LogP contribution in [-0.4, -0.2) is 26.3 Å². The summed E-state index contributed by atoms with van der Waals surface area (Å²) in [4.78, 5) is 12.4. The van der Waals surface area contributed by atoms with Gasteiger partial charge in [-0.3, -0.25) is 4.79 Å². The van der Waals surface area contributed by atoms with Crippen LogP contribution in [0.4, 0.5) is 0 Å². The van der Waals surface area contributed by atoms with Crippen molar-refractivity contribution in [3.8, 4) is 17.2 Å². The summed E-state index contributed by atoms with van der Waals surface area (Å²) in [6, 6.07) is 20.3. The zero-order valence-electron chi connectivity index (χ0n) is 16.6. The van der Waals surface area contributed by atoms with Gasteiger partial charge in [0.15, 0.2) is 11.5 Å². The summed E-state index contributed by atoms with van der Waals surface area (Å²) < 4.78 is 17.2. The van der Waals surface area contributed by atoms with Crippen molar-refractivity contribution in [3.63, 3.8) is 0 Å². The molecule has 0 saturated heterocycles. The van der Waals surface area contributed by atoms with Crippen LogP contribution in [-0.2, 0) is 6.61 Å². The largest absolute Gasteiger partial charge is 0.496 e. The Bertz CT molecular complexity index is 1040. The topological polar surface area (TPSA) is 69.2 Å². The number of nitrogens with one attached hydrogen (secondary N) is 1. The predicted molar refractivity (Wildman–Crippen MR) is 120 cm³/mol. The van der Waals surface area contributed by atoms with E-state index in [1.807, 2.05) is 48.5 Å². The van der Waals surface area contributed by atoms with Gasteiger partial charge >= 0.3 is 0 Å². The van der Waals surface area contributed by atoms with Crippen LogP contribution in [0.25, 0.3) is 0 Å². The molecule has 0 atom stereocenters. The highest BCUT2D eigenvalue weighted by atomic mass is 79.9. The number of hydrogen-bond donors (Lipinski definition) is 1. The fraction of sp³-hybridized carbons (Fsp3) is 0.130. The van der Waals surface area contributed by atoms with Crippen LogP contribution in [0.5, 0.6) is 17.2 Å². The third kappa shape index (κ3) is 5.61. The summed E-state index contributed by atoms with van der Waals surface area (Å²) in [5.74, 6) is 1.40. The molecule has 6 nitrogen and oxygen atoms in total. The van der Waals surface area contributed by atoms with Gasteiger partial charge in [-0.25, -0.2) is 5.43 Å². The van der Waals surface area contributed by atoms with Gasteiger partial charge in [-0.2, -0.15) is 5.10 Å². The number of carbonyl (C=O) groups excluding carboxylic acids is 1. The Kier molecular flexibility index (Phi) is 7.45. The van der Waals surface area contributed by atoms with Gasteiger partial charge < -0.3 is 14.2 Å². The van der Waals surface area contributed by atoms with E-state index < -0.39 is 0 Å². The maximum absolute atomic E-state index is 12.4. The molecule has 0 aliphatic rings. The maximum atomic E-state index is 12.4. The molecule has 30 heavy (non-hydrogen) atoms. The number of halogens is 1. The Morgan fingerprint density at radius 2 is 1.70 bits per heavy atom. The second kappa shape index (κ2) is 10.5. The minimum atomic E-state index is -0.355. The molecular weight excluding hydrogens is 448 g/mol. The molecule has 0 aliphatic carbocycles. The van der Waals surface area contributed by atoms with Crippen LogP contribution >= 0.6 is 15.9 Å². The van der Waals surface area contributed by atoms with Gasteiger partial charge in [0, 0.05) is 5.56 Å². The minimum Gasteiger partial charge on any atom is -0.496 e. The van der Waals surface area contributed by atoms with Crippen molar-refractivity contribution in [2.75, 3.05) is 14.2 Å². The monoisotopic (exact) mass is 468 g/mol. The number of benzene rings is 3. The number of hydrogen-bond acceptors (Lipinski definition) is 5. The van der Waals surface area contributed by atoms with E-state index in [4.69, 9.17) is 14.2 Å². The second-order valence-corrected chi connectivity index (χ2v) is 7.09. The lowest BCUT2D eigenvalue weighted by Gasteiger charge is -2.12. The van der Waals surface area contributed by atoms with Crippen molar-refractivity contribution in [2.24, 2.45) is 5.10 Å². The van der Waals surface area contributed by atoms with Gasteiger partial charge in [0.1, 0.15) is 12.4 Å². The van der Waals surface area contributed by atoms with Crippen LogP contribution in [0, 0.1) is 0 Å². The summed E-state index contributed by atoms with van der Waals surface area (Å²) in [7, 11) is 3.13. The molecule has 154 valence electrons. The van der Waals surface area contributed by atoms with Crippen molar-refractivity contribution < 1.29 is 19.0 Å². The third-order valence-corrected chi connectivity index (χ3v) is 4.84. The SMILES string of the molecule is COc1ccc(/C=N/NC(=O)c2ccc(OCc3ccccc3)c(OC)c2)cc1Br. The number of nitrogens with zero attached hydrogens (tertiary/aromatic N) is 1. The van der Waals surface area contributed by atoms with Gasteiger partial charge in [-0.15, -0.1) is 0 Å². The summed E-state index contributed by atoms with van der Waals surface area (Å²) in [5.41, 5.74) is 4.77. The van der Waals surface area contributed by atoms with E-state index in [0.717, 1.165) is 21.3 Å². The van der Waals surface area contributed by atoms with Gasteiger partial charge in [0.25, 0.3) is 5.91 Å². The van der Waals surface area contributed by atoms with Gasteiger partial charge in [-0.05, 0) is 63.5 Å². The van der Waals surface area contributed by atoms with Crippen molar-refractivity contribution in [1.29, 1.82) is 0 Å². The Morgan fingerprint density at radius 3 is 2.40 bits per heavy atom. The average Bonchev–Trinajstić information content (AvgIpc) is 2.78. The zero-order chi connectivity index (χ0) is 21.3. The molecule has 0 aromatic heterocycles. The molecule has 7 heteroatoms. The lowest BCUT2D eigenvalue weighted by molar-refractivity contribution is 0.0954. The van der Waals surface area contributed by atoms with Crippen molar-refractivity contribution >= 4 is 28.1 Å². The van der Waals surface area contributed by atoms with E-state index >= 15 is 0 Å². The van der Waals surface area contributed by atoms with E-state index in [9.17, 15) is 4.79 Å². The molecule has 1 amide bonds. The highest BCUT2D eigenvalue weighted by Crippen LogP contribution is 2.29. The van der Waals surface area contributed by atoms with Crippen LogP contribution in [0.2, 0.25) is 0 Å². The van der Waals surface area contributed by atoms with Crippen LogP contribution in [0.3, 0.4) is 0 Å². The fourth-order valence-corrected chi connectivity index (χ4v) is 3.21. The van der Waals surface area contributed by atoms with Crippen LogP contribution < -0.4 is 19.6 Å².